The highest BCUT2D eigenvalue weighted by Gasteiger charge is 2.19. The van der Waals surface area contributed by atoms with Crippen LogP contribution in [-0.4, -0.2) is 30.5 Å². The zero-order valence-corrected chi connectivity index (χ0v) is 17.2. The number of anilines is 1. The molecule has 0 fully saturated rings. The van der Waals surface area contributed by atoms with E-state index in [0.29, 0.717) is 16.9 Å². The summed E-state index contributed by atoms with van der Waals surface area (Å²) in [7, 11) is 1.84. The van der Waals surface area contributed by atoms with E-state index in [4.69, 9.17) is 4.98 Å². The number of hydrogen-bond acceptors (Lipinski definition) is 5. The average Bonchev–Trinajstić information content (AvgIpc) is 3.51. The highest BCUT2D eigenvalue weighted by atomic mass is 32.1. The molecule has 0 aliphatic carbocycles. The molecular formula is C22H18N6OS. The topological polar surface area (TPSA) is 77.6 Å². The molecule has 148 valence electrons. The smallest absolute Gasteiger partial charge is 0.256 e. The van der Waals surface area contributed by atoms with Gasteiger partial charge in [-0.05, 0) is 54.8 Å². The lowest BCUT2D eigenvalue weighted by atomic mass is 10.1. The molecule has 7 nitrogen and oxygen atoms in total. The van der Waals surface area contributed by atoms with Gasteiger partial charge in [0.05, 0.1) is 32.9 Å². The number of aryl methyl sites for hydroxylation is 2. The standard InChI is InChI=1S/C22H18N6OS/c1-14-20-17(13-18(19-5-3-12-30-19)25-21(20)27(2)26-14)22(29)24-15-6-8-16(9-7-15)28-11-4-10-23-28/h3-13H,1-2H3,(H,24,29). The van der Waals surface area contributed by atoms with Gasteiger partial charge in [-0.1, -0.05) is 6.07 Å². The molecule has 0 atom stereocenters. The van der Waals surface area contributed by atoms with Crippen LogP contribution >= 0.6 is 11.3 Å². The van der Waals surface area contributed by atoms with Crippen molar-refractivity contribution in [3.63, 3.8) is 0 Å². The number of pyridine rings is 1. The van der Waals surface area contributed by atoms with Gasteiger partial charge in [0.1, 0.15) is 0 Å². The molecule has 0 aliphatic heterocycles. The second-order valence-electron chi connectivity index (χ2n) is 6.89. The Kier molecular flexibility index (Phi) is 4.40. The van der Waals surface area contributed by atoms with Gasteiger partial charge in [0.15, 0.2) is 5.65 Å². The van der Waals surface area contributed by atoms with Gasteiger partial charge in [0.25, 0.3) is 5.91 Å². The molecule has 0 spiro atoms. The first-order chi connectivity index (χ1) is 14.6. The van der Waals surface area contributed by atoms with Crippen molar-refractivity contribution in [2.24, 2.45) is 7.05 Å². The predicted molar refractivity (Wildman–Crippen MR) is 118 cm³/mol. The molecule has 4 aromatic heterocycles. The summed E-state index contributed by atoms with van der Waals surface area (Å²) in [6.07, 6.45) is 3.60. The quantitative estimate of drug-likeness (QED) is 0.472. The fourth-order valence-electron chi connectivity index (χ4n) is 3.49. The van der Waals surface area contributed by atoms with Crippen LogP contribution in [0.1, 0.15) is 16.1 Å². The Labute approximate surface area is 176 Å². The Balaban J connectivity index is 1.52. The molecule has 0 saturated heterocycles. The normalized spacial score (nSPS) is 11.1. The first-order valence-corrected chi connectivity index (χ1v) is 10.3. The summed E-state index contributed by atoms with van der Waals surface area (Å²) in [6.45, 7) is 1.89. The predicted octanol–water partition coefficient (Wildman–Crippen LogP) is 4.44. The minimum absolute atomic E-state index is 0.192. The zero-order valence-electron chi connectivity index (χ0n) is 16.4. The van der Waals surface area contributed by atoms with Crippen molar-refractivity contribution in [1.82, 2.24) is 24.5 Å². The van der Waals surface area contributed by atoms with E-state index < -0.39 is 0 Å². The zero-order chi connectivity index (χ0) is 20.7. The molecule has 8 heteroatoms. The van der Waals surface area contributed by atoms with Gasteiger partial charge in [-0.15, -0.1) is 11.3 Å². The van der Waals surface area contributed by atoms with Crippen molar-refractivity contribution in [3.8, 4) is 16.3 Å². The van der Waals surface area contributed by atoms with Crippen LogP contribution in [0.15, 0.2) is 66.3 Å². The highest BCUT2D eigenvalue weighted by Crippen LogP contribution is 2.29. The van der Waals surface area contributed by atoms with E-state index in [1.165, 1.54) is 0 Å². The number of hydrogen-bond donors (Lipinski definition) is 1. The van der Waals surface area contributed by atoms with Gasteiger partial charge in [0.2, 0.25) is 0 Å². The van der Waals surface area contributed by atoms with Crippen molar-refractivity contribution in [3.05, 3.63) is 77.6 Å². The van der Waals surface area contributed by atoms with E-state index in [1.807, 2.05) is 74.1 Å². The van der Waals surface area contributed by atoms with Crippen LogP contribution in [0.5, 0.6) is 0 Å². The molecule has 0 aliphatic rings. The number of carbonyl (C=O) groups excluding carboxylic acids is 1. The summed E-state index contributed by atoms with van der Waals surface area (Å²) in [5.41, 5.74) is 4.42. The number of benzene rings is 1. The summed E-state index contributed by atoms with van der Waals surface area (Å²) in [4.78, 5) is 19.0. The first kappa shape index (κ1) is 18.3. The maximum absolute atomic E-state index is 13.2. The third-order valence-corrected chi connectivity index (χ3v) is 5.77. The van der Waals surface area contributed by atoms with Crippen molar-refractivity contribution >= 4 is 34.0 Å². The number of carbonyl (C=O) groups is 1. The van der Waals surface area contributed by atoms with Gasteiger partial charge < -0.3 is 5.32 Å². The maximum atomic E-state index is 13.2. The fraction of sp³-hybridized carbons (Fsp3) is 0.0909. The molecule has 0 radical (unpaired) electrons. The number of rotatable bonds is 4. The number of amides is 1. The summed E-state index contributed by atoms with van der Waals surface area (Å²) in [5.74, 6) is -0.192. The fourth-order valence-corrected chi connectivity index (χ4v) is 4.18. The van der Waals surface area contributed by atoms with E-state index in [2.05, 4.69) is 15.5 Å². The molecular weight excluding hydrogens is 396 g/mol. The largest absolute Gasteiger partial charge is 0.322 e. The molecule has 5 rings (SSSR count). The molecule has 0 saturated carbocycles. The molecule has 0 bridgehead atoms. The summed E-state index contributed by atoms with van der Waals surface area (Å²) < 4.78 is 3.49. The Morgan fingerprint density at radius 2 is 1.97 bits per heavy atom. The van der Waals surface area contributed by atoms with Crippen molar-refractivity contribution in [1.29, 1.82) is 0 Å². The maximum Gasteiger partial charge on any atom is 0.256 e. The van der Waals surface area contributed by atoms with Crippen LogP contribution in [0.25, 0.3) is 27.3 Å². The third-order valence-electron chi connectivity index (χ3n) is 4.88. The third kappa shape index (κ3) is 3.17. The van der Waals surface area contributed by atoms with E-state index >= 15 is 0 Å². The van der Waals surface area contributed by atoms with E-state index in [-0.39, 0.29) is 5.91 Å². The SMILES string of the molecule is Cc1nn(C)c2nc(-c3cccs3)cc(C(=O)Nc3ccc(-n4cccn4)cc3)c12. The molecule has 1 amide bonds. The van der Waals surface area contributed by atoms with E-state index in [1.54, 1.807) is 26.9 Å². The summed E-state index contributed by atoms with van der Waals surface area (Å²) in [5, 5.41) is 14.5. The average molecular weight is 414 g/mol. The minimum atomic E-state index is -0.192. The minimum Gasteiger partial charge on any atom is -0.322 e. The molecule has 5 aromatic rings. The Morgan fingerprint density at radius 3 is 2.67 bits per heavy atom. The van der Waals surface area contributed by atoms with Gasteiger partial charge in [-0.25, -0.2) is 9.67 Å². The molecule has 1 aromatic carbocycles. The first-order valence-electron chi connectivity index (χ1n) is 9.40. The molecule has 4 heterocycles. The summed E-state index contributed by atoms with van der Waals surface area (Å²) >= 11 is 1.59. The monoisotopic (exact) mass is 414 g/mol. The highest BCUT2D eigenvalue weighted by molar-refractivity contribution is 7.13. The summed E-state index contributed by atoms with van der Waals surface area (Å²) in [6, 6.07) is 15.2. The van der Waals surface area contributed by atoms with Gasteiger partial charge in [-0.2, -0.15) is 10.2 Å². The van der Waals surface area contributed by atoms with Crippen molar-refractivity contribution < 1.29 is 4.79 Å². The lowest BCUT2D eigenvalue weighted by Gasteiger charge is -2.09. The van der Waals surface area contributed by atoms with Crippen LogP contribution in [0.4, 0.5) is 5.69 Å². The second-order valence-corrected chi connectivity index (χ2v) is 7.84. The lowest BCUT2D eigenvalue weighted by Crippen LogP contribution is -2.13. The number of nitrogens with one attached hydrogen (secondary N) is 1. The van der Waals surface area contributed by atoms with Crippen molar-refractivity contribution in [2.45, 2.75) is 6.92 Å². The number of nitrogens with zero attached hydrogens (tertiary/aromatic N) is 5. The van der Waals surface area contributed by atoms with Gasteiger partial charge >= 0.3 is 0 Å². The number of fused-ring (bicyclic) bond motifs is 1. The van der Waals surface area contributed by atoms with Crippen molar-refractivity contribution in [2.75, 3.05) is 5.32 Å². The number of thiophene rings is 1. The van der Waals surface area contributed by atoms with Crippen LogP contribution in [-0.2, 0) is 7.05 Å². The second kappa shape index (κ2) is 7.23. The molecule has 30 heavy (non-hydrogen) atoms. The van der Waals surface area contributed by atoms with E-state index in [0.717, 1.165) is 27.3 Å². The Morgan fingerprint density at radius 1 is 1.13 bits per heavy atom. The lowest BCUT2D eigenvalue weighted by molar-refractivity contribution is 0.102. The number of aromatic nitrogens is 5. The van der Waals surface area contributed by atoms with E-state index in [9.17, 15) is 4.79 Å². The van der Waals surface area contributed by atoms with Crippen LogP contribution in [0.2, 0.25) is 0 Å². The van der Waals surface area contributed by atoms with Gasteiger partial charge in [0, 0.05) is 25.1 Å². The Bertz CT molecular complexity index is 1340. The molecule has 0 unspecified atom stereocenters. The van der Waals surface area contributed by atoms with Crippen LogP contribution in [0, 0.1) is 6.92 Å². The van der Waals surface area contributed by atoms with Gasteiger partial charge in [-0.3, -0.25) is 9.48 Å². The van der Waals surface area contributed by atoms with Crippen LogP contribution in [0.3, 0.4) is 0 Å². The Hall–Kier alpha value is -3.78. The van der Waals surface area contributed by atoms with Crippen LogP contribution < -0.4 is 5.32 Å². The molecule has 1 N–H and O–H groups in total.